The summed E-state index contributed by atoms with van der Waals surface area (Å²) in [4.78, 5) is 0. The Morgan fingerprint density at radius 3 is 2.31 bits per heavy atom. The molecular weight excluding hydrogens is 232 g/mol. The molecule has 3 N–H and O–H groups in total. The van der Waals surface area contributed by atoms with Crippen molar-refractivity contribution in [1.29, 1.82) is 0 Å². The second-order valence-electron chi connectivity index (χ2n) is 3.92. The molecule has 96 valence electrons. The second kappa shape index (κ2) is 6.51. The van der Waals surface area contributed by atoms with Crippen molar-refractivity contribution in [1.82, 2.24) is 9.62 Å². The van der Waals surface area contributed by atoms with E-state index >= 15 is 0 Å². The van der Waals surface area contributed by atoms with Crippen LogP contribution in [-0.4, -0.2) is 67.6 Å². The third-order valence-corrected chi connectivity index (χ3v) is 4.64. The molecule has 1 aliphatic rings. The van der Waals surface area contributed by atoms with Crippen molar-refractivity contribution in [3.63, 3.8) is 0 Å². The van der Waals surface area contributed by atoms with Gasteiger partial charge < -0.3 is 15.5 Å². The number of sulfonamides is 1. The Balaban J connectivity index is 2.57. The summed E-state index contributed by atoms with van der Waals surface area (Å²) in [7, 11) is -3.38. The SMILES string of the molecule is O=S(=O)(CC1CCCN1)N(CCO)CCO. The molecule has 1 unspecified atom stereocenters. The quantitative estimate of drug-likeness (QED) is 0.505. The highest BCUT2D eigenvalue weighted by Crippen LogP contribution is 2.10. The monoisotopic (exact) mass is 252 g/mol. The Morgan fingerprint density at radius 2 is 1.88 bits per heavy atom. The molecule has 0 aromatic carbocycles. The number of aliphatic hydroxyl groups excluding tert-OH is 2. The molecule has 6 nitrogen and oxygen atoms in total. The number of nitrogens with zero attached hydrogens (tertiary/aromatic N) is 1. The first-order chi connectivity index (χ1) is 7.60. The van der Waals surface area contributed by atoms with Crippen molar-refractivity contribution in [2.24, 2.45) is 0 Å². The van der Waals surface area contributed by atoms with Gasteiger partial charge in [0.05, 0.1) is 19.0 Å². The molecule has 0 bridgehead atoms. The van der Waals surface area contributed by atoms with Gasteiger partial charge in [-0.1, -0.05) is 0 Å². The molecule has 1 aliphatic heterocycles. The fourth-order valence-corrected chi connectivity index (χ4v) is 3.60. The van der Waals surface area contributed by atoms with E-state index in [1.807, 2.05) is 0 Å². The van der Waals surface area contributed by atoms with E-state index in [0.717, 1.165) is 23.7 Å². The first-order valence-electron chi connectivity index (χ1n) is 5.53. The Labute approximate surface area is 96.3 Å². The summed E-state index contributed by atoms with van der Waals surface area (Å²) in [6, 6.07) is 0.00452. The lowest BCUT2D eigenvalue weighted by Gasteiger charge is -2.22. The molecule has 0 aliphatic carbocycles. The van der Waals surface area contributed by atoms with E-state index in [-0.39, 0.29) is 38.1 Å². The maximum absolute atomic E-state index is 11.9. The van der Waals surface area contributed by atoms with Crippen molar-refractivity contribution >= 4 is 10.0 Å². The summed E-state index contributed by atoms with van der Waals surface area (Å²) in [5.41, 5.74) is 0. The molecule has 0 aromatic heterocycles. The molecule has 16 heavy (non-hydrogen) atoms. The Hall–Kier alpha value is -0.210. The third-order valence-electron chi connectivity index (χ3n) is 2.67. The lowest BCUT2D eigenvalue weighted by molar-refractivity contribution is 0.217. The molecule has 1 saturated heterocycles. The molecular formula is C9H20N2O4S. The molecule has 1 heterocycles. The maximum atomic E-state index is 11.9. The van der Waals surface area contributed by atoms with Gasteiger partial charge in [0, 0.05) is 19.1 Å². The number of rotatable bonds is 7. The van der Waals surface area contributed by atoms with E-state index in [9.17, 15) is 8.42 Å². The fraction of sp³-hybridized carbons (Fsp3) is 1.00. The molecule has 7 heteroatoms. The van der Waals surface area contributed by atoms with Crippen molar-refractivity contribution < 1.29 is 18.6 Å². The predicted octanol–water partition coefficient (Wildman–Crippen LogP) is -1.65. The average Bonchev–Trinajstić information content (AvgIpc) is 2.69. The van der Waals surface area contributed by atoms with E-state index in [4.69, 9.17) is 10.2 Å². The molecule has 0 spiro atoms. The number of hydrogen-bond donors (Lipinski definition) is 3. The van der Waals surface area contributed by atoms with Crippen LogP contribution in [0.1, 0.15) is 12.8 Å². The number of nitrogens with one attached hydrogen (secondary N) is 1. The molecule has 0 amide bonds. The van der Waals surface area contributed by atoms with Crippen LogP contribution < -0.4 is 5.32 Å². The minimum Gasteiger partial charge on any atom is -0.395 e. The lowest BCUT2D eigenvalue weighted by atomic mass is 10.3. The van der Waals surface area contributed by atoms with Crippen LogP contribution in [-0.2, 0) is 10.0 Å². The fourth-order valence-electron chi connectivity index (χ4n) is 1.87. The highest BCUT2D eigenvalue weighted by molar-refractivity contribution is 7.89. The third kappa shape index (κ3) is 3.99. The van der Waals surface area contributed by atoms with E-state index in [1.165, 1.54) is 0 Å². The van der Waals surface area contributed by atoms with E-state index in [1.54, 1.807) is 0 Å². The Kier molecular flexibility index (Phi) is 5.63. The maximum Gasteiger partial charge on any atom is 0.215 e. The predicted molar refractivity (Wildman–Crippen MR) is 60.6 cm³/mol. The zero-order chi connectivity index (χ0) is 12.0. The van der Waals surface area contributed by atoms with Gasteiger partial charge in [-0.05, 0) is 19.4 Å². The zero-order valence-corrected chi connectivity index (χ0v) is 10.1. The van der Waals surface area contributed by atoms with E-state index < -0.39 is 10.0 Å². The van der Waals surface area contributed by atoms with Crippen molar-refractivity contribution in [3.8, 4) is 0 Å². The standard InChI is InChI=1S/C9H20N2O4S/c12-6-4-11(5-7-13)16(14,15)8-9-2-1-3-10-9/h9-10,12-13H,1-8H2. The molecule has 1 atom stereocenters. The van der Waals surface area contributed by atoms with Gasteiger partial charge in [0.1, 0.15) is 0 Å². The summed E-state index contributed by atoms with van der Waals surface area (Å²) in [5.74, 6) is 0.0486. The van der Waals surface area contributed by atoms with Gasteiger partial charge in [0.2, 0.25) is 10.0 Å². The van der Waals surface area contributed by atoms with E-state index in [0.29, 0.717) is 0 Å². The first-order valence-corrected chi connectivity index (χ1v) is 7.14. The molecule has 1 fully saturated rings. The van der Waals surface area contributed by atoms with Crippen molar-refractivity contribution in [2.45, 2.75) is 18.9 Å². The van der Waals surface area contributed by atoms with Gasteiger partial charge in [-0.15, -0.1) is 0 Å². The van der Waals surface area contributed by atoms with Crippen molar-refractivity contribution in [2.75, 3.05) is 38.6 Å². The average molecular weight is 252 g/mol. The smallest absolute Gasteiger partial charge is 0.215 e. The summed E-state index contributed by atoms with van der Waals surface area (Å²) >= 11 is 0. The summed E-state index contributed by atoms with van der Waals surface area (Å²) in [6.07, 6.45) is 1.87. The molecule has 0 aromatic rings. The van der Waals surface area contributed by atoms with Gasteiger partial charge in [0.25, 0.3) is 0 Å². The van der Waals surface area contributed by atoms with Crippen LogP contribution in [0.15, 0.2) is 0 Å². The van der Waals surface area contributed by atoms with Gasteiger partial charge in [-0.25, -0.2) is 8.42 Å². The Morgan fingerprint density at radius 1 is 1.25 bits per heavy atom. The Bertz CT molecular complexity index is 282. The van der Waals surface area contributed by atoms with Crippen LogP contribution in [0, 0.1) is 0 Å². The summed E-state index contributed by atoms with van der Waals surface area (Å²) < 4.78 is 25.0. The first kappa shape index (κ1) is 13.9. The van der Waals surface area contributed by atoms with Crippen LogP contribution in [0.4, 0.5) is 0 Å². The lowest BCUT2D eigenvalue weighted by Crippen LogP contribution is -2.42. The van der Waals surface area contributed by atoms with Gasteiger partial charge in [0.15, 0.2) is 0 Å². The molecule has 0 radical (unpaired) electrons. The zero-order valence-electron chi connectivity index (χ0n) is 9.30. The van der Waals surface area contributed by atoms with Crippen LogP contribution in [0.2, 0.25) is 0 Å². The van der Waals surface area contributed by atoms with Gasteiger partial charge in [-0.3, -0.25) is 0 Å². The number of aliphatic hydroxyl groups is 2. The van der Waals surface area contributed by atoms with Crippen LogP contribution in [0.25, 0.3) is 0 Å². The van der Waals surface area contributed by atoms with Gasteiger partial charge >= 0.3 is 0 Å². The number of hydrogen-bond acceptors (Lipinski definition) is 5. The largest absolute Gasteiger partial charge is 0.395 e. The molecule has 0 saturated carbocycles. The van der Waals surface area contributed by atoms with Crippen LogP contribution >= 0.6 is 0 Å². The van der Waals surface area contributed by atoms with Gasteiger partial charge in [-0.2, -0.15) is 4.31 Å². The minimum absolute atomic E-state index is 0.00452. The topological polar surface area (TPSA) is 89.9 Å². The van der Waals surface area contributed by atoms with E-state index in [2.05, 4.69) is 5.32 Å². The van der Waals surface area contributed by atoms with Crippen molar-refractivity contribution in [3.05, 3.63) is 0 Å². The van der Waals surface area contributed by atoms with Crippen LogP contribution in [0.5, 0.6) is 0 Å². The highest BCUT2D eigenvalue weighted by atomic mass is 32.2. The normalized spacial score (nSPS) is 21.8. The summed E-state index contributed by atoms with van der Waals surface area (Å²) in [5, 5.41) is 20.7. The van der Waals surface area contributed by atoms with Crippen LogP contribution in [0.3, 0.4) is 0 Å². The highest BCUT2D eigenvalue weighted by Gasteiger charge is 2.27. The molecule has 1 rings (SSSR count). The second-order valence-corrected chi connectivity index (χ2v) is 5.93. The minimum atomic E-state index is -3.38. The summed E-state index contributed by atoms with van der Waals surface area (Å²) in [6.45, 7) is 0.514.